The molecule has 3 aliphatic heterocycles. The molecule has 0 radical (unpaired) electrons. The van der Waals surface area contributed by atoms with Crippen molar-refractivity contribution in [1.29, 1.82) is 0 Å². The van der Waals surface area contributed by atoms with Crippen molar-refractivity contribution < 1.29 is 19.1 Å². The van der Waals surface area contributed by atoms with Crippen molar-refractivity contribution in [3.63, 3.8) is 0 Å². The molecular formula is C29H39N3O4. The van der Waals surface area contributed by atoms with E-state index in [2.05, 4.69) is 24.5 Å². The maximum absolute atomic E-state index is 14.0. The minimum atomic E-state index is -1.12. The number of ether oxygens (including phenoxy) is 1. The van der Waals surface area contributed by atoms with Crippen LogP contribution in [0.5, 0.6) is 0 Å². The van der Waals surface area contributed by atoms with Gasteiger partial charge in [-0.15, -0.1) is 0 Å². The Hall–Kier alpha value is -2.67. The summed E-state index contributed by atoms with van der Waals surface area (Å²) in [6, 6.07) is 6.75. The van der Waals surface area contributed by atoms with Crippen molar-refractivity contribution in [2.45, 2.75) is 90.1 Å². The largest absolute Gasteiger partial charge is 0.359 e. The number of aryl methyl sites for hydroxylation is 1. The van der Waals surface area contributed by atoms with E-state index in [1.807, 2.05) is 57.2 Å². The number of carbonyl (C=O) groups excluding carboxylic acids is 3. The van der Waals surface area contributed by atoms with E-state index < -0.39 is 29.6 Å². The molecule has 0 unspecified atom stereocenters. The number of hydrogen-bond acceptors (Lipinski definition) is 4. The minimum absolute atomic E-state index is 0.0774. The summed E-state index contributed by atoms with van der Waals surface area (Å²) in [6.07, 6.45) is 7.15. The topological polar surface area (TPSA) is 87.7 Å². The molecule has 36 heavy (non-hydrogen) atoms. The first kappa shape index (κ1) is 25.0. The molecule has 2 saturated heterocycles. The molecule has 4 aliphatic rings. The molecular weight excluding hydrogens is 454 g/mol. The van der Waals surface area contributed by atoms with Crippen LogP contribution in [-0.2, 0) is 19.1 Å². The summed E-state index contributed by atoms with van der Waals surface area (Å²) in [5, 5.41) is 6.30. The highest BCUT2D eigenvalue weighted by atomic mass is 16.5. The van der Waals surface area contributed by atoms with Crippen LogP contribution < -0.4 is 10.6 Å². The first-order chi connectivity index (χ1) is 17.2. The Kier molecular flexibility index (Phi) is 6.48. The Morgan fingerprint density at radius 1 is 1.22 bits per heavy atom. The van der Waals surface area contributed by atoms with Gasteiger partial charge in [-0.1, -0.05) is 57.9 Å². The normalized spacial score (nSPS) is 37.6. The lowest BCUT2D eigenvalue weighted by Gasteiger charge is -2.39. The van der Waals surface area contributed by atoms with E-state index in [4.69, 9.17) is 4.74 Å². The van der Waals surface area contributed by atoms with Crippen LogP contribution in [0.15, 0.2) is 36.4 Å². The number of carbonyl (C=O) groups is 3. The van der Waals surface area contributed by atoms with Crippen molar-refractivity contribution >= 4 is 23.4 Å². The predicted molar refractivity (Wildman–Crippen MR) is 138 cm³/mol. The van der Waals surface area contributed by atoms with Crippen LogP contribution in [0.4, 0.5) is 5.69 Å². The van der Waals surface area contributed by atoms with Gasteiger partial charge in [0.05, 0.1) is 17.9 Å². The van der Waals surface area contributed by atoms with Gasteiger partial charge in [0.25, 0.3) is 0 Å². The van der Waals surface area contributed by atoms with Crippen LogP contribution in [0.1, 0.15) is 58.9 Å². The summed E-state index contributed by atoms with van der Waals surface area (Å²) < 4.78 is 6.45. The fourth-order valence-electron chi connectivity index (χ4n) is 6.87. The molecule has 194 valence electrons. The standard InChI is InChI=1S/C29H39N3O4/c1-6-18(4)32-25(27(34)31-21-12-8-10-17(3)19(21)5)29-14-13-22(36-29)23(24(29)28(32)35)26(33)30-20-11-7-9-16(2)15-20/h7,9,11,13-15,17-19,21-25H,6,8,10,12H2,1-5H3,(H,30,33)(H,31,34)/t17-,18-,19+,21+,22+,23+,24+,25-,29-/m0/s1. The Morgan fingerprint density at radius 3 is 2.72 bits per heavy atom. The van der Waals surface area contributed by atoms with Gasteiger partial charge in [-0.25, -0.2) is 0 Å². The summed E-state index contributed by atoms with van der Waals surface area (Å²) in [7, 11) is 0. The number of fused-ring (bicyclic) bond motifs is 1. The molecule has 1 aliphatic carbocycles. The van der Waals surface area contributed by atoms with Crippen molar-refractivity contribution in [3.8, 4) is 0 Å². The summed E-state index contributed by atoms with van der Waals surface area (Å²) >= 11 is 0. The maximum Gasteiger partial charge on any atom is 0.246 e. The first-order valence-electron chi connectivity index (χ1n) is 13.5. The third kappa shape index (κ3) is 3.87. The van der Waals surface area contributed by atoms with E-state index in [1.54, 1.807) is 4.90 Å². The van der Waals surface area contributed by atoms with E-state index in [0.29, 0.717) is 23.9 Å². The molecule has 2 bridgehead atoms. The second-order valence-corrected chi connectivity index (χ2v) is 11.4. The zero-order chi connectivity index (χ0) is 25.8. The molecule has 0 aromatic heterocycles. The molecule has 1 aromatic carbocycles. The van der Waals surface area contributed by atoms with E-state index >= 15 is 0 Å². The van der Waals surface area contributed by atoms with E-state index in [1.165, 1.54) is 6.42 Å². The molecule has 2 N–H and O–H groups in total. The molecule has 7 heteroatoms. The van der Waals surface area contributed by atoms with Crippen molar-refractivity contribution in [1.82, 2.24) is 10.2 Å². The quantitative estimate of drug-likeness (QED) is 0.590. The van der Waals surface area contributed by atoms with Gasteiger partial charge in [-0.3, -0.25) is 14.4 Å². The fraction of sp³-hybridized carbons (Fsp3) is 0.621. The molecule has 3 heterocycles. The van der Waals surface area contributed by atoms with Gasteiger partial charge >= 0.3 is 0 Å². The zero-order valence-electron chi connectivity index (χ0n) is 22.0. The smallest absolute Gasteiger partial charge is 0.246 e. The predicted octanol–water partition coefficient (Wildman–Crippen LogP) is 3.82. The van der Waals surface area contributed by atoms with Gasteiger partial charge in [0.15, 0.2) is 0 Å². The summed E-state index contributed by atoms with van der Waals surface area (Å²) in [6.45, 7) is 10.4. The second-order valence-electron chi connectivity index (χ2n) is 11.4. The van der Waals surface area contributed by atoms with Crippen LogP contribution in [0.2, 0.25) is 0 Å². The fourth-order valence-corrected chi connectivity index (χ4v) is 6.87. The molecule has 1 aromatic rings. The number of rotatable bonds is 6. The van der Waals surface area contributed by atoms with Gasteiger partial charge < -0.3 is 20.3 Å². The number of nitrogens with zero attached hydrogens (tertiary/aromatic N) is 1. The van der Waals surface area contributed by atoms with E-state index in [9.17, 15) is 14.4 Å². The second kappa shape index (κ2) is 9.33. The summed E-state index contributed by atoms with van der Waals surface area (Å²) in [5.41, 5.74) is 0.615. The highest BCUT2D eigenvalue weighted by molar-refractivity contribution is 6.03. The number of anilines is 1. The monoisotopic (exact) mass is 493 g/mol. The van der Waals surface area contributed by atoms with Gasteiger partial charge in [0.1, 0.15) is 11.6 Å². The number of amides is 3. The van der Waals surface area contributed by atoms with Crippen LogP contribution in [0.25, 0.3) is 0 Å². The lowest BCUT2D eigenvalue weighted by Crippen LogP contribution is -2.59. The van der Waals surface area contributed by atoms with Crippen LogP contribution in [-0.4, -0.2) is 52.5 Å². The first-order valence-corrected chi connectivity index (χ1v) is 13.5. The molecule has 3 fully saturated rings. The highest BCUT2D eigenvalue weighted by Gasteiger charge is 2.73. The van der Waals surface area contributed by atoms with Crippen LogP contribution >= 0.6 is 0 Å². The lowest BCUT2D eigenvalue weighted by molar-refractivity contribution is -0.144. The van der Waals surface area contributed by atoms with Gasteiger partial charge in [0, 0.05) is 17.8 Å². The summed E-state index contributed by atoms with van der Waals surface area (Å²) in [4.78, 5) is 43.1. The summed E-state index contributed by atoms with van der Waals surface area (Å²) in [5.74, 6) is -1.05. The Bertz CT molecular complexity index is 1090. The average Bonchev–Trinajstić information content (AvgIpc) is 3.49. The third-order valence-corrected chi connectivity index (χ3v) is 9.25. The minimum Gasteiger partial charge on any atom is -0.359 e. The van der Waals surface area contributed by atoms with Crippen molar-refractivity contribution in [3.05, 3.63) is 42.0 Å². The van der Waals surface area contributed by atoms with Crippen molar-refractivity contribution in [2.75, 3.05) is 5.32 Å². The molecule has 5 rings (SSSR count). The number of benzene rings is 1. The number of likely N-dealkylation sites (tertiary alicyclic amines) is 1. The SMILES string of the molecule is CC[C@H](C)N1C(=O)[C@H]2[C@H](C(=O)Nc3cccc(C)c3)[C@H]3C=C[C@@]2(O3)[C@@H]1C(=O)N[C@@H]1CCC[C@H](C)[C@H]1C. The zero-order valence-corrected chi connectivity index (χ0v) is 22.0. The Labute approximate surface area is 214 Å². The Morgan fingerprint density at radius 2 is 2.00 bits per heavy atom. The molecule has 7 nitrogen and oxygen atoms in total. The Balaban J connectivity index is 1.45. The van der Waals surface area contributed by atoms with E-state index in [-0.39, 0.29) is 29.8 Å². The third-order valence-electron chi connectivity index (χ3n) is 9.25. The number of nitrogens with one attached hydrogen (secondary N) is 2. The average molecular weight is 494 g/mol. The number of hydrogen-bond donors (Lipinski definition) is 2. The molecule has 1 spiro atoms. The van der Waals surface area contributed by atoms with Gasteiger partial charge in [0.2, 0.25) is 17.7 Å². The van der Waals surface area contributed by atoms with Crippen LogP contribution in [0.3, 0.4) is 0 Å². The van der Waals surface area contributed by atoms with Gasteiger partial charge in [-0.05, 0) is 56.2 Å². The van der Waals surface area contributed by atoms with Crippen LogP contribution in [0, 0.1) is 30.6 Å². The maximum atomic E-state index is 14.0. The highest BCUT2D eigenvalue weighted by Crippen LogP contribution is 2.56. The van der Waals surface area contributed by atoms with Crippen molar-refractivity contribution in [2.24, 2.45) is 23.7 Å². The molecule has 1 saturated carbocycles. The molecule has 3 amide bonds. The molecule has 9 atom stereocenters. The van der Waals surface area contributed by atoms with E-state index in [0.717, 1.165) is 18.4 Å². The van der Waals surface area contributed by atoms with Gasteiger partial charge in [-0.2, -0.15) is 0 Å². The lowest BCUT2D eigenvalue weighted by atomic mass is 9.73.